The Morgan fingerprint density at radius 2 is 1.37 bits per heavy atom. The van der Waals surface area contributed by atoms with Crippen molar-refractivity contribution < 1.29 is 27.8 Å². The van der Waals surface area contributed by atoms with Gasteiger partial charge in [0, 0.05) is 12.8 Å². The van der Waals surface area contributed by atoms with Crippen molar-refractivity contribution in [3.8, 4) is 0 Å². The second kappa shape index (κ2) is 4.42. The number of hydrogen-bond acceptors (Lipinski definition) is 4. The largest absolute Gasteiger partial charge is 0.465 e. The van der Waals surface area contributed by atoms with E-state index >= 15 is 0 Å². The smallest absolute Gasteiger partial charge is 0.323 e. The fourth-order valence-corrected chi connectivity index (χ4v) is 3.43. The molecule has 1 spiro atoms. The maximum absolute atomic E-state index is 13.0. The molecule has 2 aliphatic carbocycles. The highest BCUT2D eigenvalue weighted by atomic mass is 19.3. The number of carbonyl (C=O) groups is 2. The summed E-state index contributed by atoms with van der Waals surface area (Å²) in [6, 6.07) is 0. The quantitative estimate of drug-likeness (QED) is 0.584. The number of halogens is 2. The van der Waals surface area contributed by atoms with Gasteiger partial charge < -0.3 is 9.47 Å². The van der Waals surface area contributed by atoms with Crippen molar-refractivity contribution in [2.75, 3.05) is 13.2 Å². The minimum Gasteiger partial charge on any atom is -0.465 e. The minimum absolute atomic E-state index is 0.118. The number of carbonyl (C=O) groups excluding carboxylic acids is 2. The minimum atomic E-state index is -2.66. The Hall–Kier alpha value is -1.20. The lowest BCUT2D eigenvalue weighted by atomic mass is 9.44. The van der Waals surface area contributed by atoms with Gasteiger partial charge in [-0.1, -0.05) is 0 Å². The van der Waals surface area contributed by atoms with Crippen LogP contribution in [0.4, 0.5) is 8.78 Å². The second-order valence-corrected chi connectivity index (χ2v) is 5.59. The van der Waals surface area contributed by atoms with Crippen molar-refractivity contribution in [3.05, 3.63) is 0 Å². The molecule has 0 aliphatic heterocycles. The Labute approximate surface area is 110 Å². The zero-order chi connectivity index (χ0) is 14.3. The monoisotopic (exact) mass is 276 g/mol. The van der Waals surface area contributed by atoms with Gasteiger partial charge in [0.25, 0.3) is 0 Å². The van der Waals surface area contributed by atoms with Crippen molar-refractivity contribution >= 4 is 11.9 Å². The molecule has 0 unspecified atom stereocenters. The van der Waals surface area contributed by atoms with Gasteiger partial charge in [0.15, 0.2) is 5.41 Å². The number of ether oxygens (including phenoxy) is 2. The average Bonchev–Trinajstić information content (AvgIpc) is 2.22. The van der Waals surface area contributed by atoms with Gasteiger partial charge in [-0.2, -0.15) is 0 Å². The molecule has 0 N–H and O–H groups in total. The summed E-state index contributed by atoms with van der Waals surface area (Å²) in [6.45, 7) is 3.59. The lowest BCUT2D eigenvalue weighted by Crippen LogP contribution is -2.64. The highest BCUT2D eigenvalue weighted by Gasteiger charge is 2.72. The molecule has 0 radical (unpaired) electrons. The van der Waals surface area contributed by atoms with Gasteiger partial charge in [-0.3, -0.25) is 9.59 Å². The Morgan fingerprint density at radius 3 is 1.68 bits per heavy atom. The average molecular weight is 276 g/mol. The Kier molecular flexibility index (Phi) is 3.31. The topological polar surface area (TPSA) is 52.6 Å². The first-order valence-corrected chi connectivity index (χ1v) is 6.51. The number of alkyl halides is 2. The molecule has 2 saturated carbocycles. The predicted molar refractivity (Wildman–Crippen MR) is 61.5 cm³/mol. The Morgan fingerprint density at radius 1 is 0.947 bits per heavy atom. The molecule has 19 heavy (non-hydrogen) atoms. The SMILES string of the molecule is CCOC(=O)C1(C(=O)OCC)CC2(CC(F)(F)C2)C1. The molecule has 2 fully saturated rings. The van der Waals surface area contributed by atoms with Crippen LogP contribution in [0.25, 0.3) is 0 Å². The molecule has 6 heteroatoms. The van der Waals surface area contributed by atoms with Crippen LogP contribution in [0.5, 0.6) is 0 Å². The summed E-state index contributed by atoms with van der Waals surface area (Å²) >= 11 is 0. The molecule has 0 atom stereocenters. The third kappa shape index (κ3) is 2.21. The summed E-state index contributed by atoms with van der Waals surface area (Å²) in [5, 5.41) is 0. The van der Waals surface area contributed by atoms with Crippen molar-refractivity contribution in [1.29, 1.82) is 0 Å². The van der Waals surface area contributed by atoms with E-state index in [4.69, 9.17) is 9.47 Å². The Bertz CT molecular complexity index is 369. The van der Waals surface area contributed by atoms with Crippen molar-refractivity contribution in [2.45, 2.75) is 45.5 Å². The van der Waals surface area contributed by atoms with E-state index in [-0.39, 0.29) is 38.9 Å². The zero-order valence-corrected chi connectivity index (χ0v) is 11.1. The first-order valence-electron chi connectivity index (χ1n) is 6.51. The van der Waals surface area contributed by atoms with Gasteiger partial charge in [-0.25, -0.2) is 8.78 Å². The summed E-state index contributed by atoms with van der Waals surface area (Å²) in [5.74, 6) is -3.95. The van der Waals surface area contributed by atoms with Crippen LogP contribution in [0, 0.1) is 10.8 Å². The van der Waals surface area contributed by atoms with E-state index in [0.717, 1.165) is 0 Å². The van der Waals surface area contributed by atoms with Crippen LogP contribution in [0.1, 0.15) is 39.5 Å². The third-order valence-corrected chi connectivity index (χ3v) is 3.95. The second-order valence-electron chi connectivity index (χ2n) is 5.59. The summed E-state index contributed by atoms with van der Waals surface area (Å²) in [7, 11) is 0. The summed E-state index contributed by atoms with van der Waals surface area (Å²) in [6.07, 6.45) is -0.262. The van der Waals surface area contributed by atoms with Crippen molar-refractivity contribution in [1.82, 2.24) is 0 Å². The van der Waals surface area contributed by atoms with Crippen LogP contribution < -0.4 is 0 Å². The first-order chi connectivity index (χ1) is 8.79. The van der Waals surface area contributed by atoms with Gasteiger partial charge >= 0.3 is 11.9 Å². The highest BCUT2D eigenvalue weighted by molar-refractivity contribution is 6.01. The summed E-state index contributed by atoms with van der Waals surface area (Å²) in [5.41, 5.74) is -1.94. The summed E-state index contributed by atoms with van der Waals surface area (Å²) in [4.78, 5) is 23.9. The molecular formula is C13H18F2O4. The lowest BCUT2D eigenvalue weighted by Gasteiger charge is -2.60. The fourth-order valence-electron chi connectivity index (χ4n) is 3.43. The van der Waals surface area contributed by atoms with E-state index in [1.807, 2.05) is 0 Å². The van der Waals surface area contributed by atoms with Gasteiger partial charge in [0.05, 0.1) is 13.2 Å². The van der Waals surface area contributed by atoms with E-state index in [9.17, 15) is 18.4 Å². The van der Waals surface area contributed by atoms with Crippen LogP contribution in [-0.2, 0) is 19.1 Å². The molecule has 108 valence electrons. The van der Waals surface area contributed by atoms with Gasteiger partial charge in [0.1, 0.15) is 0 Å². The maximum Gasteiger partial charge on any atom is 0.323 e. The van der Waals surface area contributed by atoms with Crippen LogP contribution in [0.15, 0.2) is 0 Å². The summed E-state index contributed by atoms with van der Waals surface area (Å²) < 4.78 is 35.8. The van der Waals surface area contributed by atoms with Crippen molar-refractivity contribution in [2.24, 2.45) is 10.8 Å². The maximum atomic E-state index is 13.0. The number of hydrogen-bond donors (Lipinski definition) is 0. The van der Waals surface area contributed by atoms with Gasteiger partial charge in [0.2, 0.25) is 5.92 Å². The van der Waals surface area contributed by atoms with Gasteiger partial charge in [-0.05, 0) is 32.1 Å². The van der Waals surface area contributed by atoms with E-state index < -0.39 is 28.7 Å². The normalized spacial score (nSPS) is 25.1. The molecule has 0 bridgehead atoms. The van der Waals surface area contributed by atoms with Crippen LogP contribution in [0.3, 0.4) is 0 Å². The predicted octanol–water partition coefficient (Wildman–Crippen LogP) is 2.31. The molecule has 0 aromatic rings. The molecule has 2 rings (SSSR count). The third-order valence-electron chi connectivity index (χ3n) is 3.95. The van der Waals surface area contributed by atoms with Crippen LogP contribution in [-0.4, -0.2) is 31.1 Å². The van der Waals surface area contributed by atoms with E-state index in [1.165, 1.54) is 0 Å². The molecule has 0 aromatic heterocycles. The lowest BCUT2D eigenvalue weighted by molar-refractivity contribution is -0.242. The number of rotatable bonds is 4. The van der Waals surface area contributed by atoms with Crippen LogP contribution in [0.2, 0.25) is 0 Å². The first kappa shape index (κ1) is 14.2. The molecule has 0 amide bonds. The molecule has 2 aliphatic rings. The van der Waals surface area contributed by atoms with Crippen molar-refractivity contribution in [3.63, 3.8) is 0 Å². The van der Waals surface area contributed by atoms with Crippen LogP contribution >= 0.6 is 0 Å². The van der Waals surface area contributed by atoms with E-state index in [0.29, 0.717) is 0 Å². The molecule has 4 nitrogen and oxygen atoms in total. The Balaban J connectivity index is 2.08. The standard InChI is InChI=1S/C13H18F2O4/c1-3-18-9(16)12(10(17)19-4-2)5-11(6-12)7-13(14,15)8-11/h3-8H2,1-2H3. The highest BCUT2D eigenvalue weighted by Crippen LogP contribution is 2.69. The molecule has 0 heterocycles. The zero-order valence-electron chi connectivity index (χ0n) is 11.1. The number of esters is 2. The van der Waals surface area contributed by atoms with Gasteiger partial charge in [-0.15, -0.1) is 0 Å². The fraction of sp³-hybridized carbons (Fsp3) is 0.846. The molecule has 0 aromatic carbocycles. The van der Waals surface area contributed by atoms with E-state index in [2.05, 4.69) is 0 Å². The molecular weight excluding hydrogens is 258 g/mol. The van der Waals surface area contributed by atoms with E-state index in [1.54, 1.807) is 13.8 Å². The molecule has 0 saturated heterocycles.